The predicted molar refractivity (Wildman–Crippen MR) is 73.8 cm³/mol. The Labute approximate surface area is 109 Å². The molecule has 2 aromatic rings. The fourth-order valence-electron chi connectivity index (χ4n) is 1.78. The van der Waals surface area contributed by atoms with E-state index in [2.05, 4.69) is 40.9 Å². The van der Waals surface area contributed by atoms with Crippen LogP contribution in [0.2, 0.25) is 0 Å². The lowest BCUT2D eigenvalue weighted by molar-refractivity contribution is -0.697. The summed E-state index contributed by atoms with van der Waals surface area (Å²) in [5.74, 6) is 6.42. The monoisotopic (exact) mass is 236 g/mol. The molecule has 1 aromatic carbocycles. The first-order valence-electron chi connectivity index (χ1n) is 6.43. The first-order chi connectivity index (χ1) is 8.95. The van der Waals surface area contributed by atoms with Gasteiger partial charge in [0.05, 0.1) is 0 Å². The van der Waals surface area contributed by atoms with Crippen molar-refractivity contribution < 1.29 is 4.57 Å². The molecule has 0 aliphatic rings. The summed E-state index contributed by atoms with van der Waals surface area (Å²) in [6.45, 7) is 1.08. The van der Waals surface area contributed by atoms with Gasteiger partial charge in [-0.3, -0.25) is 0 Å². The van der Waals surface area contributed by atoms with Crippen molar-refractivity contribution in [2.24, 2.45) is 0 Å². The zero-order valence-corrected chi connectivity index (χ0v) is 10.5. The molecule has 2 rings (SSSR count). The Bertz CT molecular complexity index is 506. The Morgan fingerprint density at radius 1 is 0.833 bits per heavy atom. The smallest absolute Gasteiger partial charge is 0.168 e. The number of pyridine rings is 1. The lowest BCUT2D eigenvalue weighted by Gasteiger charge is -1.94. The van der Waals surface area contributed by atoms with Gasteiger partial charge in [0.2, 0.25) is 0 Å². The summed E-state index contributed by atoms with van der Waals surface area (Å²) < 4.78 is 2.21. The molecule has 0 aliphatic carbocycles. The number of benzene rings is 1. The third-order valence-corrected chi connectivity index (χ3v) is 2.75. The van der Waals surface area contributed by atoms with E-state index in [-0.39, 0.29) is 0 Å². The largest absolute Gasteiger partial charge is 0.205 e. The van der Waals surface area contributed by atoms with Crippen molar-refractivity contribution in [1.82, 2.24) is 0 Å². The van der Waals surface area contributed by atoms with Gasteiger partial charge in [0, 0.05) is 30.5 Å². The Morgan fingerprint density at radius 3 is 2.33 bits per heavy atom. The Hall–Kier alpha value is -2.07. The van der Waals surface area contributed by atoms with Crippen LogP contribution in [0.25, 0.3) is 0 Å². The normalized spacial score (nSPS) is 9.56. The molecule has 1 heterocycles. The van der Waals surface area contributed by atoms with Crippen LogP contribution in [0.3, 0.4) is 0 Å². The predicted octanol–water partition coefficient (Wildman–Crippen LogP) is 3.20. The Balaban J connectivity index is 1.67. The molecule has 18 heavy (non-hydrogen) atoms. The van der Waals surface area contributed by atoms with E-state index in [9.17, 15) is 0 Å². The van der Waals surface area contributed by atoms with Crippen LogP contribution in [0, 0.1) is 11.8 Å². The van der Waals surface area contributed by atoms with Gasteiger partial charge in [0.25, 0.3) is 0 Å². The number of hydrogen-bond acceptors (Lipinski definition) is 0. The minimum Gasteiger partial charge on any atom is -0.205 e. The van der Waals surface area contributed by atoms with Gasteiger partial charge in [-0.25, -0.2) is 4.57 Å². The fourth-order valence-corrected chi connectivity index (χ4v) is 1.78. The zero-order chi connectivity index (χ0) is 12.5. The average molecular weight is 236 g/mol. The third kappa shape index (κ3) is 4.43. The van der Waals surface area contributed by atoms with E-state index in [1.54, 1.807) is 0 Å². The minimum absolute atomic E-state index is 0.974. The summed E-state index contributed by atoms with van der Waals surface area (Å²) >= 11 is 0. The molecule has 0 aliphatic heterocycles. The Kier molecular flexibility index (Phi) is 5.02. The minimum atomic E-state index is 0.974. The van der Waals surface area contributed by atoms with Crippen molar-refractivity contribution in [3.63, 3.8) is 0 Å². The molecule has 0 spiro atoms. The number of unbranched alkanes of at least 4 members (excludes halogenated alkanes) is 2. The van der Waals surface area contributed by atoms with Gasteiger partial charge in [-0.1, -0.05) is 36.1 Å². The summed E-state index contributed by atoms with van der Waals surface area (Å²) in [6.07, 6.45) is 7.52. The van der Waals surface area contributed by atoms with Gasteiger partial charge in [0.1, 0.15) is 6.54 Å². The molecular formula is C17H18N+. The van der Waals surface area contributed by atoms with Crippen molar-refractivity contribution in [3.8, 4) is 11.8 Å². The highest BCUT2D eigenvalue weighted by atomic mass is 14.9. The number of nitrogens with zero attached hydrogens (tertiary/aromatic N) is 1. The van der Waals surface area contributed by atoms with E-state index in [1.165, 1.54) is 6.42 Å². The molecule has 0 atom stereocenters. The molecule has 0 radical (unpaired) electrons. The summed E-state index contributed by atoms with van der Waals surface area (Å²) in [7, 11) is 0. The van der Waals surface area contributed by atoms with Crippen molar-refractivity contribution >= 4 is 0 Å². The summed E-state index contributed by atoms with van der Waals surface area (Å²) in [4.78, 5) is 0. The summed E-state index contributed by atoms with van der Waals surface area (Å²) in [6, 6.07) is 16.3. The second-order valence-corrected chi connectivity index (χ2v) is 4.24. The maximum atomic E-state index is 3.23. The second-order valence-electron chi connectivity index (χ2n) is 4.24. The molecule has 1 heteroatoms. The van der Waals surface area contributed by atoms with Crippen molar-refractivity contribution in [3.05, 3.63) is 66.5 Å². The average Bonchev–Trinajstić information content (AvgIpc) is 2.45. The first kappa shape index (κ1) is 12.4. The van der Waals surface area contributed by atoms with E-state index in [0.29, 0.717) is 0 Å². The number of hydrogen-bond donors (Lipinski definition) is 0. The van der Waals surface area contributed by atoms with E-state index in [0.717, 1.165) is 24.9 Å². The molecule has 1 aromatic heterocycles. The maximum Gasteiger partial charge on any atom is 0.168 e. The lowest BCUT2D eigenvalue weighted by Crippen LogP contribution is -2.32. The molecule has 0 N–H and O–H groups in total. The van der Waals surface area contributed by atoms with Crippen molar-refractivity contribution in [1.29, 1.82) is 0 Å². The van der Waals surface area contributed by atoms with Gasteiger partial charge in [-0.2, -0.15) is 0 Å². The molecule has 90 valence electrons. The lowest BCUT2D eigenvalue weighted by atomic mass is 10.2. The van der Waals surface area contributed by atoms with Crippen molar-refractivity contribution in [2.75, 3.05) is 0 Å². The topological polar surface area (TPSA) is 3.88 Å². The van der Waals surface area contributed by atoms with Crippen LogP contribution < -0.4 is 4.57 Å². The van der Waals surface area contributed by atoms with Gasteiger partial charge in [-0.05, 0) is 18.6 Å². The second kappa shape index (κ2) is 7.29. The number of aryl methyl sites for hydroxylation is 1. The summed E-state index contributed by atoms with van der Waals surface area (Å²) in [5, 5.41) is 0. The number of aromatic nitrogens is 1. The van der Waals surface area contributed by atoms with Crippen LogP contribution in [0.1, 0.15) is 24.8 Å². The third-order valence-electron chi connectivity index (χ3n) is 2.75. The van der Waals surface area contributed by atoms with Crippen LogP contribution in [0.15, 0.2) is 60.9 Å². The van der Waals surface area contributed by atoms with E-state index >= 15 is 0 Å². The maximum absolute atomic E-state index is 3.23. The van der Waals surface area contributed by atoms with Gasteiger partial charge < -0.3 is 0 Å². The SMILES string of the molecule is C(#Cc1ccccc1)CCCC[n+]1ccccc1. The first-order valence-corrected chi connectivity index (χ1v) is 6.43. The van der Waals surface area contributed by atoms with Crippen LogP contribution >= 0.6 is 0 Å². The van der Waals surface area contributed by atoms with Crippen LogP contribution in [0.4, 0.5) is 0 Å². The molecule has 0 bridgehead atoms. The highest BCUT2D eigenvalue weighted by molar-refractivity contribution is 5.33. The highest BCUT2D eigenvalue weighted by Crippen LogP contribution is 1.97. The quantitative estimate of drug-likeness (QED) is 0.436. The molecule has 1 nitrogen and oxygen atoms in total. The fraction of sp³-hybridized carbons (Fsp3) is 0.235. The zero-order valence-electron chi connectivity index (χ0n) is 10.5. The van der Waals surface area contributed by atoms with E-state index in [1.807, 2.05) is 36.4 Å². The van der Waals surface area contributed by atoms with Crippen LogP contribution in [-0.2, 0) is 6.54 Å². The summed E-state index contributed by atoms with van der Waals surface area (Å²) in [5.41, 5.74) is 1.11. The molecule has 0 amide bonds. The molecule has 0 saturated carbocycles. The van der Waals surface area contributed by atoms with Gasteiger partial charge in [0.15, 0.2) is 12.4 Å². The van der Waals surface area contributed by atoms with E-state index in [4.69, 9.17) is 0 Å². The van der Waals surface area contributed by atoms with Gasteiger partial charge >= 0.3 is 0 Å². The van der Waals surface area contributed by atoms with Crippen LogP contribution in [-0.4, -0.2) is 0 Å². The van der Waals surface area contributed by atoms with Gasteiger partial charge in [-0.15, -0.1) is 0 Å². The molecular weight excluding hydrogens is 218 g/mol. The Morgan fingerprint density at radius 2 is 1.56 bits per heavy atom. The number of rotatable bonds is 4. The van der Waals surface area contributed by atoms with Crippen LogP contribution in [0.5, 0.6) is 0 Å². The molecule has 0 saturated heterocycles. The van der Waals surface area contributed by atoms with E-state index < -0.39 is 0 Å². The molecule has 0 unspecified atom stereocenters. The standard InChI is InChI=1S/C17H18N/c1(5-11-17-12-6-3-7-13-17)2-8-14-18-15-9-4-10-16-18/h3-4,6-7,9-10,12-13,15-16H,1-2,8,14H2/q+1. The van der Waals surface area contributed by atoms with Crippen molar-refractivity contribution in [2.45, 2.75) is 25.8 Å². The molecule has 0 fully saturated rings. The highest BCUT2D eigenvalue weighted by Gasteiger charge is 1.95.